The van der Waals surface area contributed by atoms with Crippen LogP contribution in [0.25, 0.3) is 21.8 Å². The Balaban J connectivity index is 0.000000154. The van der Waals surface area contributed by atoms with E-state index in [-0.39, 0.29) is 45.6 Å². The van der Waals surface area contributed by atoms with Crippen LogP contribution in [0.2, 0.25) is 0 Å². The molecule has 0 saturated carbocycles. The lowest BCUT2D eigenvalue weighted by Crippen LogP contribution is -2.29. The molecule has 74 heavy (non-hydrogen) atoms. The number of rotatable bonds is 4. The Morgan fingerprint density at radius 1 is 0.500 bits per heavy atom. The number of ketones is 4. The highest BCUT2D eigenvalue weighted by Gasteiger charge is 2.31. The van der Waals surface area contributed by atoms with Gasteiger partial charge in [-0.05, 0) is 53.7 Å². The van der Waals surface area contributed by atoms with E-state index in [9.17, 15) is 38.5 Å². The third-order valence-corrected chi connectivity index (χ3v) is 14.6. The van der Waals surface area contributed by atoms with Gasteiger partial charge in [-0.2, -0.15) is 10.5 Å². The minimum absolute atomic E-state index is 0.164. The van der Waals surface area contributed by atoms with Gasteiger partial charge in [0.25, 0.3) is 5.91 Å². The topological polar surface area (TPSA) is 246 Å². The lowest BCUT2D eigenvalue weighted by atomic mass is 9.95. The molecule has 5 aromatic carbocycles. The van der Waals surface area contributed by atoms with Gasteiger partial charge in [-0.3, -0.25) is 54.4 Å². The van der Waals surface area contributed by atoms with E-state index in [0.717, 1.165) is 33.7 Å². The van der Waals surface area contributed by atoms with Gasteiger partial charge in [0.1, 0.15) is 57.8 Å². The first kappa shape index (κ1) is 55.5. The monoisotopic (exact) mass is 1140 g/mol. The predicted octanol–water partition coefficient (Wildman–Crippen LogP) is 11.9. The first-order valence-corrected chi connectivity index (χ1v) is 24.4. The maximum absolute atomic E-state index is 12.4. The summed E-state index contributed by atoms with van der Waals surface area (Å²) in [7, 11) is 0. The number of nitriles is 2. The largest absolute Gasteiger partial charge is 0.298 e. The molecular formula is C51H25Cl6N7O8S2. The molecule has 1 amide bonds. The number of para-hydroxylation sites is 2. The van der Waals surface area contributed by atoms with Crippen LogP contribution in [0.4, 0.5) is 11.4 Å². The molecule has 0 unspecified atom stereocenters. The molecular weight excluding hydrogens is 1120 g/mol. The minimum atomic E-state index is -0.729. The molecule has 10 rings (SSSR count). The van der Waals surface area contributed by atoms with E-state index in [1.165, 1.54) is 0 Å². The van der Waals surface area contributed by atoms with Crippen molar-refractivity contribution in [2.24, 2.45) is 5.18 Å². The minimum Gasteiger partial charge on any atom is -0.298 e. The Morgan fingerprint density at radius 3 is 1.28 bits per heavy atom. The maximum Gasteiger partial charge on any atom is 0.269 e. The Morgan fingerprint density at radius 2 is 0.878 bits per heavy atom. The number of halogens is 6. The van der Waals surface area contributed by atoms with Crippen molar-refractivity contribution in [2.45, 2.75) is 0 Å². The highest BCUT2D eigenvalue weighted by molar-refractivity contribution is 7.18. The molecule has 3 aliphatic carbocycles. The fourth-order valence-corrected chi connectivity index (χ4v) is 9.42. The van der Waals surface area contributed by atoms with Crippen LogP contribution >= 0.6 is 92.3 Å². The number of allylic oxidation sites excluding steroid dienone is 6. The molecule has 0 bridgehead atoms. The van der Waals surface area contributed by atoms with Crippen molar-refractivity contribution in [3.8, 4) is 12.1 Å². The number of nitrogens with one attached hydrogen (secondary N) is 2. The maximum atomic E-state index is 12.4. The number of carbonyl (C=O) groups excluding carboxylic acids is 5. The van der Waals surface area contributed by atoms with Gasteiger partial charge in [-0.1, -0.05) is 148 Å². The highest BCUT2D eigenvalue weighted by Crippen LogP contribution is 2.33. The Labute approximate surface area is 454 Å². The number of anilines is 1. The molecule has 2 heterocycles. The van der Waals surface area contributed by atoms with Crippen LogP contribution in [0.3, 0.4) is 0 Å². The zero-order chi connectivity index (χ0) is 53.6. The zero-order valence-electron chi connectivity index (χ0n) is 36.9. The fraction of sp³-hybridized carbons (Fsp3) is 0. The van der Waals surface area contributed by atoms with Gasteiger partial charge in [0.05, 0.1) is 25.8 Å². The molecule has 0 fully saturated rings. The van der Waals surface area contributed by atoms with Gasteiger partial charge < -0.3 is 0 Å². The molecule has 6 aromatic rings. The Kier molecular flexibility index (Phi) is 19.3. The van der Waals surface area contributed by atoms with E-state index in [4.69, 9.17) is 80.1 Å². The van der Waals surface area contributed by atoms with Gasteiger partial charge in [0.2, 0.25) is 34.0 Å². The van der Waals surface area contributed by atoms with Crippen LogP contribution in [0, 0.1) is 36.6 Å². The van der Waals surface area contributed by atoms with Crippen molar-refractivity contribution in [2.75, 3.05) is 5.43 Å². The van der Waals surface area contributed by atoms with E-state index in [1.54, 1.807) is 109 Å². The second-order valence-corrected chi connectivity index (χ2v) is 18.6. The number of aromatic nitrogens is 2. The van der Waals surface area contributed by atoms with E-state index in [0.29, 0.717) is 38.8 Å². The molecule has 1 aliphatic heterocycles. The van der Waals surface area contributed by atoms with E-state index >= 15 is 0 Å². The number of nitrogens with zero attached hydrogens (tertiary/aromatic N) is 5. The average Bonchev–Trinajstić information content (AvgIpc) is 3.45. The lowest BCUT2D eigenvalue weighted by Gasteiger charge is -2.12. The Bertz CT molecular complexity index is 3710. The summed E-state index contributed by atoms with van der Waals surface area (Å²) in [6.45, 7) is 0. The molecule has 15 nitrogen and oxygen atoms in total. The third kappa shape index (κ3) is 12.9. The number of fused-ring (bicyclic) bond motifs is 3. The second kappa shape index (κ2) is 25.7. The summed E-state index contributed by atoms with van der Waals surface area (Å²) in [6.07, 6.45) is 3.39. The van der Waals surface area contributed by atoms with E-state index in [2.05, 4.69) is 26.0 Å². The van der Waals surface area contributed by atoms with Crippen LogP contribution in [-0.4, -0.2) is 39.0 Å². The van der Waals surface area contributed by atoms with Crippen molar-refractivity contribution >= 4 is 154 Å². The van der Waals surface area contributed by atoms with Crippen LogP contribution in [0.1, 0.15) is 40.8 Å². The molecule has 366 valence electrons. The van der Waals surface area contributed by atoms with Crippen molar-refractivity contribution in [3.05, 3.63) is 231 Å². The second-order valence-electron chi connectivity index (χ2n) is 14.3. The average molecular weight is 1140 g/mol. The van der Waals surface area contributed by atoms with E-state index in [1.807, 2.05) is 42.5 Å². The number of hydrogen-bond donors (Lipinski definition) is 2. The SMILES string of the molecule is N#Cc1sc2c(=O)c3ccccc3c(=O)c=2sc1C#N.O=C1C(Cl)=C(Cl)C(=O)C(Cl)=C1Cl.O=C1C(Cl)=C(Cl)C(=O)c2ccccc21.O=Nc1ccc(NNC(=O)c2ccccc2)cc1.c1ccc2nccnc2c1. The molecule has 0 radical (unpaired) electrons. The number of hydrazine groups is 1. The summed E-state index contributed by atoms with van der Waals surface area (Å²) in [6, 6.07) is 39.9. The number of amides is 1. The summed E-state index contributed by atoms with van der Waals surface area (Å²) in [4.78, 5) is 100. The molecule has 1 aromatic heterocycles. The van der Waals surface area contributed by atoms with Crippen LogP contribution in [0.15, 0.2) is 185 Å². The summed E-state index contributed by atoms with van der Waals surface area (Å²) in [5.74, 6) is -2.48. The summed E-state index contributed by atoms with van der Waals surface area (Å²) in [5, 5.41) is 19.6. The Hall–Kier alpha value is -7.81. The predicted molar refractivity (Wildman–Crippen MR) is 287 cm³/mol. The molecule has 0 atom stereocenters. The van der Waals surface area contributed by atoms with Gasteiger partial charge in [-0.25, -0.2) is 0 Å². The lowest BCUT2D eigenvalue weighted by molar-refractivity contribution is -0.114. The van der Waals surface area contributed by atoms with Crippen LogP contribution in [0.5, 0.6) is 0 Å². The zero-order valence-corrected chi connectivity index (χ0v) is 43.0. The molecule has 4 aliphatic rings. The number of hydrogen-bond acceptors (Lipinski definition) is 16. The normalized spacial score (nSPS) is 12.6. The number of nitroso groups, excluding NO2 is 1. The third-order valence-electron chi connectivity index (χ3n) is 9.75. The molecule has 2 N–H and O–H groups in total. The molecule has 0 spiro atoms. The smallest absolute Gasteiger partial charge is 0.269 e. The van der Waals surface area contributed by atoms with Crippen molar-refractivity contribution in [3.63, 3.8) is 0 Å². The van der Waals surface area contributed by atoms with Crippen molar-refractivity contribution in [1.82, 2.24) is 15.4 Å². The quantitative estimate of drug-likeness (QED) is 0.0947. The fourth-order valence-electron chi connectivity index (χ4n) is 6.17. The van der Waals surface area contributed by atoms with Gasteiger partial charge in [0.15, 0.2) is 0 Å². The van der Waals surface area contributed by atoms with Crippen LogP contribution in [-0.2, 0) is 9.59 Å². The summed E-state index contributed by atoms with van der Waals surface area (Å²) in [5.41, 5.74) is 8.88. The number of carbonyl (C=O) groups is 5. The van der Waals surface area contributed by atoms with Crippen molar-refractivity contribution in [1.29, 1.82) is 10.5 Å². The standard InChI is InChI=1S/C14H4N2O2S2.C13H11N3O2.C10H4Cl2O2.C8H6N2.C6Cl4O2/c15-5-9-10(6-16)20-14-12(18)8-4-2-1-3-7(8)11(17)13(14)19-9;17-13(10-4-2-1-3-5-10)15-14-11-6-8-12(16-18)9-7-11;11-7-8(12)10(14)6-4-2-1-3-5(6)9(7)13;1-2-4-8-7(3-1)9-5-6-10-8;7-1-2(8)6(12)4(10)3(9)5(1)11/h1-4H;1-9,14H,(H,15,17);1-4H;1-6H;. The van der Waals surface area contributed by atoms with Gasteiger partial charge in [-0.15, -0.1) is 27.6 Å². The number of benzene rings is 5. The first-order valence-electron chi connectivity index (χ1n) is 20.5. The summed E-state index contributed by atoms with van der Waals surface area (Å²) >= 11 is 34.5. The molecule has 23 heteroatoms. The van der Waals surface area contributed by atoms with E-state index < -0.39 is 43.3 Å². The van der Waals surface area contributed by atoms with Crippen molar-refractivity contribution < 1.29 is 24.0 Å². The van der Waals surface area contributed by atoms with Crippen LogP contribution < -0.4 is 21.7 Å². The van der Waals surface area contributed by atoms with Gasteiger partial charge >= 0.3 is 0 Å². The first-order chi connectivity index (χ1) is 35.5. The van der Waals surface area contributed by atoms with Gasteiger partial charge in [0, 0.05) is 39.9 Å². The summed E-state index contributed by atoms with van der Waals surface area (Å²) < 4.78 is 0.489. The highest BCUT2D eigenvalue weighted by atomic mass is 35.5. The molecule has 0 saturated heterocycles. The number of Topliss-reactive ketones (excluding diaryl/α,β-unsaturated/α-hetero) is 4.